The molecule has 3 heterocycles. The number of sulfonamides is 1. The van der Waals surface area contributed by atoms with E-state index in [4.69, 9.17) is 9.47 Å². The summed E-state index contributed by atoms with van der Waals surface area (Å²) < 4.78 is 41.5. The summed E-state index contributed by atoms with van der Waals surface area (Å²) in [6, 6.07) is 8.48. The van der Waals surface area contributed by atoms with E-state index in [0.717, 1.165) is 76.6 Å². The van der Waals surface area contributed by atoms with Crippen LogP contribution in [0.15, 0.2) is 24.3 Å². The minimum absolute atomic E-state index is 0.0703. The van der Waals surface area contributed by atoms with Gasteiger partial charge in [-0.25, -0.2) is 13.1 Å². The number of nitrogens with one attached hydrogen (secondary N) is 1. The zero-order valence-electron chi connectivity index (χ0n) is 18.4. The number of nitrogens with zero attached hydrogens (tertiary/aromatic N) is 1. The normalized spacial score (nSPS) is 33.0. The van der Waals surface area contributed by atoms with Gasteiger partial charge in [0, 0.05) is 18.6 Å². The molecular weight excluding hydrogens is 412 g/mol. The highest BCUT2D eigenvalue weighted by atomic mass is 32.2. The molecule has 172 valence electrons. The minimum atomic E-state index is -3.24. The molecule has 6 rings (SSSR count). The van der Waals surface area contributed by atoms with Crippen LogP contribution < -0.4 is 9.46 Å². The molecule has 1 N–H and O–H groups in total. The van der Waals surface area contributed by atoms with E-state index in [0.29, 0.717) is 19.1 Å². The van der Waals surface area contributed by atoms with Crippen molar-refractivity contribution < 1.29 is 17.9 Å². The van der Waals surface area contributed by atoms with Crippen molar-refractivity contribution >= 4 is 10.0 Å². The fourth-order valence-electron chi connectivity index (χ4n) is 5.75. The first-order chi connectivity index (χ1) is 15.1. The molecule has 0 amide bonds. The Labute approximate surface area is 186 Å². The predicted molar refractivity (Wildman–Crippen MR) is 121 cm³/mol. The largest absolute Gasteiger partial charge is 0.492 e. The van der Waals surface area contributed by atoms with Crippen LogP contribution in [0, 0.1) is 0 Å². The van der Waals surface area contributed by atoms with Crippen molar-refractivity contribution in [1.29, 1.82) is 0 Å². The number of ether oxygens (including phenoxy) is 2. The maximum atomic E-state index is 12.8. The Hall–Kier alpha value is -1.15. The van der Waals surface area contributed by atoms with Gasteiger partial charge in [0.05, 0.1) is 18.0 Å². The lowest BCUT2D eigenvalue weighted by atomic mass is 9.82. The van der Waals surface area contributed by atoms with E-state index in [9.17, 15) is 8.42 Å². The van der Waals surface area contributed by atoms with E-state index in [1.165, 1.54) is 5.56 Å². The standard InChI is InChI=1S/C24H36N2O4S/c27-31(28,20-5-3-6-20)25-22-8-4-14-26-15-16-29-24-9-2-1-7-21(24)18-10-12-19(13-11-18)30-17-23(22)26/h1-2,7,9,18-20,22-23,25H,3-6,8,10-17H2/t18?,19?,22-,23-/m0/s1. The summed E-state index contributed by atoms with van der Waals surface area (Å²) in [6.45, 7) is 2.97. The van der Waals surface area contributed by atoms with Crippen LogP contribution in [0.25, 0.3) is 0 Å². The van der Waals surface area contributed by atoms with Gasteiger partial charge in [0.2, 0.25) is 10.0 Å². The fraction of sp³-hybridized carbons (Fsp3) is 0.750. The number of para-hydroxylation sites is 1. The molecule has 0 radical (unpaired) electrons. The molecule has 0 spiro atoms. The minimum Gasteiger partial charge on any atom is -0.492 e. The van der Waals surface area contributed by atoms with Crippen LogP contribution >= 0.6 is 0 Å². The van der Waals surface area contributed by atoms with Gasteiger partial charge in [-0.2, -0.15) is 0 Å². The third-order valence-electron chi connectivity index (χ3n) is 7.87. The van der Waals surface area contributed by atoms with Gasteiger partial charge in [0.25, 0.3) is 0 Å². The smallest absolute Gasteiger partial charge is 0.214 e. The van der Waals surface area contributed by atoms with Crippen LogP contribution in [0.5, 0.6) is 5.75 Å². The molecule has 7 heteroatoms. The molecule has 3 fully saturated rings. The molecule has 2 saturated carbocycles. The van der Waals surface area contributed by atoms with Gasteiger partial charge >= 0.3 is 0 Å². The van der Waals surface area contributed by atoms with Crippen molar-refractivity contribution in [3.05, 3.63) is 29.8 Å². The summed E-state index contributed by atoms with van der Waals surface area (Å²) in [5.41, 5.74) is 1.33. The number of hydrogen-bond acceptors (Lipinski definition) is 5. The van der Waals surface area contributed by atoms with Crippen molar-refractivity contribution in [3.8, 4) is 5.75 Å². The van der Waals surface area contributed by atoms with Gasteiger partial charge in [0.1, 0.15) is 12.4 Å². The van der Waals surface area contributed by atoms with Crippen LogP contribution in [0.2, 0.25) is 0 Å². The molecule has 3 aliphatic heterocycles. The van der Waals surface area contributed by atoms with Crippen LogP contribution in [-0.2, 0) is 14.8 Å². The molecule has 5 aliphatic rings. The second-order valence-electron chi connectivity index (χ2n) is 9.76. The van der Waals surface area contributed by atoms with Crippen molar-refractivity contribution in [3.63, 3.8) is 0 Å². The maximum Gasteiger partial charge on any atom is 0.214 e. The highest BCUT2D eigenvalue weighted by Gasteiger charge is 2.39. The molecular formula is C24H36N2O4S. The van der Waals surface area contributed by atoms with E-state index < -0.39 is 10.0 Å². The Morgan fingerprint density at radius 1 is 0.935 bits per heavy atom. The van der Waals surface area contributed by atoms with Crippen LogP contribution in [0.4, 0.5) is 0 Å². The molecule has 1 saturated heterocycles. The Kier molecular flexibility index (Phi) is 6.56. The first kappa shape index (κ1) is 21.7. The van der Waals surface area contributed by atoms with Crippen molar-refractivity contribution in [1.82, 2.24) is 9.62 Å². The SMILES string of the molecule is O=S(=O)(N[C@H]1CCCN2CCOc3ccccc3C3CCC(CC3)OC[C@@H]12)C1CCC1. The Morgan fingerprint density at radius 2 is 1.74 bits per heavy atom. The third-order valence-corrected chi connectivity index (χ3v) is 9.85. The van der Waals surface area contributed by atoms with Crippen LogP contribution in [0.1, 0.15) is 69.3 Å². The van der Waals surface area contributed by atoms with Crippen molar-refractivity contribution in [2.24, 2.45) is 0 Å². The number of benzene rings is 1. The van der Waals surface area contributed by atoms with E-state index in [2.05, 4.69) is 33.9 Å². The maximum absolute atomic E-state index is 12.8. The molecule has 1 aromatic carbocycles. The van der Waals surface area contributed by atoms with Gasteiger partial charge in [0.15, 0.2) is 0 Å². The van der Waals surface area contributed by atoms with Gasteiger partial charge < -0.3 is 9.47 Å². The van der Waals surface area contributed by atoms with Gasteiger partial charge in [-0.15, -0.1) is 0 Å². The first-order valence-electron chi connectivity index (χ1n) is 12.2. The second-order valence-corrected chi connectivity index (χ2v) is 11.8. The zero-order valence-corrected chi connectivity index (χ0v) is 19.2. The molecule has 0 aromatic heterocycles. The molecule has 0 unspecified atom stereocenters. The number of hydrogen-bond donors (Lipinski definition) is 1. The Balaban J connectivity index is 1.34. The molecule has 2 bridgehead atoms. The lowest BCUT2D eigenvalue weighted by Gasteiger charge is -2.42. The quantitative estimate of drug-likeness (QED) is 0.767. The third kappa shape index (κ3) is 4.80. The Bertz CT molecular complexity index is 849. The number of rotatable bonds is 3. The second kappa shape index (κ2) is 9.38. The van der Waals surface area contributed by atoms with Crippen molar-refractivity contribution in [2.75, 3.05) is 26.3 Å². The molecule has 31 heavy (non-hydrogen) atoms. The average molecular weight is 449 g/mol. The molecule has 1 aromatic rings. The van der Waals surface area contributed by atoms with E-state index in [1.54, 1.807) is 0 Å². The highest BCUT2D eigenvalue weighted by molar-refractivity contribution is 7.90. The summed E-state index contributed by atoms with van der Waals surface area (Å²) in [5.74, 6) is 1.56. The van der Waals surface area contributed by atoms with Crippen LogP contribution in [-0.4, -0.2) is 63.1 Å². The summed E-state index contributed by atoms with van der Waals surface area (Å²) in [6.07, 6.45) is 9.13. The van der Waals surface area contributed by atoms with Crippen LogP contribution in [0.3, 0.4) is 0 Å². The van der Waals surface area contributed by atoms with Gasteiger partial charge in [-0.3, -0.25) is 4.90 Å². The summed E-state index contributed by atoms with van der Waals surface area (Å²) in [4.78, 5) is 2.39. The zero-order chi connectivity index (χ0) is 21.3. The monoisotopic (exact) mass is 448 g/mol. The molecule has 6 nitrogen and oxygen atoms in total. The predicted octanol–water partition coefficient (Wildman–Crippen LogP) is 3.43. The molecule has 2 atom stereocenters. The Morgan fingerprint density at radius 3 is 2.52 bits per heavy atom. The summed E-state index contributed by atoms with van der Waals surface area (Å²) in [7, 11) is -3.24. The lowest BCUT2D eigenvalue weighted by Crippen LogP contribution is -2.59. The number of fused-ring (bicyclic) bond motifs is 5. The lowest BCUT2D eigenvalue weighted by molar-refractivity contribution is -0.0284. The molecule has 2 aliphatic carbocycles. The van der Waals surface area contributed by atoms with Crippen molar-refractivity contribution in [2.45, 2.75) is 87.1 Å². The van der Waals surface area contributed by atoms with E-state index in [-0.39, 0.29) is 23.4 Å². The fourth-order valence-corrected chi connectivity index (χ4v) is 7.59. The summed E-state index contributed by atoms with van der Waals surface area (Å²) >= 11 is 0. The topological polar surface area (TPSA) is 67.9 Å². The van der Waals surface area contributed by atoms with E-state index >= 15 is 0 Å². The average Bonchev–Trinajstić information content (AvgIpc) is 2.74. The van der Waals surface area contributed by atoms with Gasteiger partial charge in [-0.05, 0) is 75.5 Å². The summed E-state index contributed by atoms with van der Waals surface area (Å²) in [5, 5.41) is -0.200. The number of piperidine rings is 1. The van der Waals surface area contributed by atoms with E-state index in [1.807, 2.05) is 0 Å². The highest BCUT2D eigenvalue weighted by Crippen LogP contribution is 2.39. The van der Waals surface area contributed by atoms with Gasteiger partial charge in [-0.1, -0.05) is 24.6 Å². The first-order valence-corrected chi connectivity index (χ1v) is 13.7.